The fraction of sp³-hybridized carbons (Fsp3) is 0.583. The van der Waals surface area contributed by atoms with Gasteiger partial charge in [0.1, 0.15) is 11.6 Å². The van der Waals surface area contributed by atoms with Crippen molar-refractivity contribution in [1.82, 2.24) is 9.88 Å². The minimum Gasteiger partial charge on any atom is -0.480 e. The van der Waals surface area contributed by atoms with Crippen LogP contribution in [0.4, 0.5) is 4.79 Å². The lowest BCUT2D eigenvalue weighted by atomic mass is 10.1. The van der Waals surface area contributed by atoms with Gasteiger partial charge in [-0.2, -0.15) is 0 Å². The van der Waals surface area contributed by atoms with Gasteiger partial charge in [0.25, 0.3) is 0 Å². The Morgan fingerprint density at radius 1 is 1.53 bits per heavy atom. The molecule has 1 atom stereocenters. The Kier molecular flexibility index (Phi) is 4.88. The predicted octanol–water partition coefficient (Wildman–Crippen LogP) is 2.01. The number of carbonyl (C=O) groups excluding carboxylic acids is 1. The van der Waals surface area contributed by atoms with Crippen LogP contribution < -0.4 is 0 Å². The van der Waals surface area contributed by atoms with Crippen molar-refractivity contribution in [3.05, 3.63) is 16.6 Å². The Bertz CT molecular complexity index is 439. The van der Waals surface area contributed by atoms with Crippen LogP contribution in [0.15, 0.2) is 10.9 Å². The standard InChI is InChI=1S/C12H18N2O4S/c1-12(2,3)18-11(17)14(4)9(10(15)16)5-8-6-19-7-13-8/h6-7,9H,5H2,1-4H3,(H,15,16)/t9-/m0/s1. The molecule has 0 fully saturated rings. The van der Waals surface area contributed by atoms with Gasteiger partial charge in [-0.3, -0.25) is 4.90 Å². The van der Waals surface area contributed by atoms with Crippen LogP contribution in [0.5, 0.6) is 0 Å². The molecule has 1 amide bonds. The van der Waals surface area contributed by atoms with Gasteiger partial charge in [0, 0.05) is 18.8 Å². The van der Waals surface area contributed by atoms with E-state index in [1.54, 1.807) is 31.7 Å². The minimum absolute atomic E-state index is 0.161. The van der Waals surface area contributed by atoms with Crippen LogP contribution in [0, 0.1) is 0 Å². The Balaban J connectivity index is 2.76. The number of hydrogen-bond donors (Lipinski definition) is 1. The number of carboxylic acid groups (broad SMARTS) is 1. The predicted molar refractivity (Wildman–Crippen MR) is 71.2 cm³/mol. The SMILES string of the molecule is CN(C(=O)OC(C)(C)C)[C@@H](Cc1cscn1)C(=O)O. The van der Waals surface area contributed by atoms with Gasteiger partial charge in [-0.15, -0.1) is 11.3 Å². The molecule has 106 valence electrons. The Hall–Kier alpha value is -1.63. The Labute approximate surface area is 116 Å². The fourth-order valence-electron chi connectivity index (χ4n) is 1.39. The summed E-state index contributed by atoms with van der Waals surface area (Å²) in [5.41, 5.74) is 1.62. The van der Waals surface area contributed by atoms with Gasteiger partial charge in [-0.25, -0.2) is 14.6 Å². The van der Waals surface area contributed by atoms with Crippen LogP contribution in [0.25, 0.3) is 0 Å². The highest BCUT2D eigenvalue weighted by Gasteiger charge is 2.30. The molecule has 0 saturated carbocycles. The zero-order chi connectivity index (χ0) is 14.6. The maximum Gasteiger partial charge on any atom is 0.410 e. The van der Waals surface area contributed by atoms with Gasteiger partial charge in [0.05, 0.1) is 11.2 Å². The number of hydrogen-bond acceptors (Lipinski definition) is 5. The number of rotatable bonds is 4. The summed E-state index contributed by atoms with van der Waals surface area (Å²) >= 11 is 1.38. The van der Waals surface area contributed by atoms with Crippen molar-refractivity contribution in [3.8, 4) is 0 Å². The van der Waals surface area contributed by atoms with Crippen molar-refractivity contribution in [2.75, 3.05) is 7.05 Å². The van der Waals surface area contributed by atoms with Gasteiger partial charge >= 0.3 is 12.1 Å². The molecule has 0 aliphatic carbocycles. The second kappa shape index (κ2) is 6.01. The molecular weight excluding hydrogens is 268 g/mol. The van der Waals surface area contributed by atoms with E-state index in [1.165, 1.54) is 18.4 Å². The summed E-state index contributed by atoms with van der Waals surface area (Å²) in [4.78, 5) is 28.2. The molecule has 1 heterocycles. The van der Waals surface area contributed by atoms with Crippen molar-refractivity contribution in [2.24, 2.45) is 0 Å². The maximum atomic E-state index is 11.9. The normalized spacial score (nSPS) is 12.8. The number of carbonyl (C=O) groups is 2. The molecular formula is C12H18N2O4S. The maximum absolute atomic E-state index is 11.9. The Morgan fingerprint density at radius 2 is 2.16 bits per heavy atom. The van der Waals surface area contributed by atoms with Crippen LogP contribution in [-0.4, -0.2) is 45.7 Å². The highest BCUT2D eigenvalue weighted by Crippen LogP contribution is 2.14. The van der Waals surface area contributed by atoms with Gasteiger partial charge in [-0.05, 0) is 20.8 Å². The Morgan fingerprint density at radius 3 is 2.58 bits per heavy atom. The summed E-state index contributed by atoms with van der Waals surface area (Å²) < 4.78 is 5.16. The summed E-state index contributed by atoms with van der Waals surface area (Å²) in [7, 11) is 1.42. The monoisotopic (exact) mass is 286 g/mol. The van der Waals surface area contributed by atoms with E-state index in [2.05, 4.69) is 4.98 Å². The summed E-state index contributed by atoms with van der Waals surface area (Å²) in [5.74, 6) is -1.08. The smallest absolute Gasteiger partial charge is 0.410 e. The molecule has 1 aromatic heterocycles. The highest BCUT2D eigenvalue weighted by atomic mass is 32.1. The molecule has 0 radical (unpaired) electrons. The number of aromatic nitrogens is 1. The number of ether oxygens (including phenoxy) is 1. The third kappa shape index (κ3) is 4.86. The molecule has 1 aromatic rings. The average Bonchev–Trinajstić information content (AvgIpc) is 2.74. The van der Waals surface area contributed by atoms with Crippen molar-refractivity contribution >= 4 is 23.4 Å². The number of nitrogens with zero attached hydrogens (tertiary/aromatic N) is 2. The van der Waals surface area contributed by atoms with Crippen LogP contribution in [-0.2, 0) is 16.0 Å². The molecule has 1 rings (SSSR count). The van der Waals surface area contributed by atoms with Gasteiger partial charge < -0.3 is 9.84 Å². The van der Waals surface area contributed by atoms with E-state index in [9.17, 15) is 14.7 Å². The first kappa shape index (κ1) is 15.4. The van der Waals surface area contributed by atoms with Gasteiger partial charge in [-0.1, -0.05) is 0 Å². The van der Waals surface area contributed by atoms with Crippen molar-refractivity contribution in [1.29, 1.82) is 0 Å². The molecule has 0 aliphatic rings. The summed E-state index contributed by atoms with van der Waals surface area (Å²) in [5, 5.41) is 11.0. The lowest BCUT2D eigenvalue weighted by Crippen LogP contribution is -2.46. The molecule has 19 heavy (non-hydrogen) atoms. The summed E-state index contributed by atoms with van der Waals surface area (Å²) in [6.07, 6.45) is -0.496. The van der Waals surface area contributed by atoms with E-state index in [4.69, 9.17) is 4.74 Å². The third-order valence-corrected chi connectivity index (χ3v) is 2.96. The van der Waals surface area contributed by atoms with Crippen LogP contribution in [0.2, 0.25) is 0 Å². The van der Waals surface area contributed by atoms with Crippen LogP contribution in [0.3, 0.4) is 0 Å². The van der Waals surface area contributed by atoms with E-state index in [1.807, 2.05) is 0 Å². The lowest BCUT2D eigenvalue weighted by molar-refractivity contribution is -0.142. The molecule has 7 heteroatoms. The summed E-state index contributed by atoms with van der Waals surface area (Å²) in [6.45, 7) is 5.19. The van der Waals surface area contributed by atoms with E-state index in [0.29, 0.717) is 5.69 Å². The van der Waals surface area contributed by atoms with E-state index in [-0.39, 0.29) is 6.42 Å². The first-order valence-electron chi connectivity index (χ1n) is 5.76. The zero-order valence-corrected chi connectivity index (χ0v) is 12.2. The number of amides is 1. The second-order valence-electron chi connectivity index (χ2n) is 5.13. The number of carboxylic acids is 1. The number of aliphatic carboxylic acids is 1. The van der Waals surface area contributed by atoms with Gasteiger partial charge in [0.2, 0.25) is 0 Å². The van der Waals surface area contributed by atoms with Crippen LogP contribution >= 0.6 is 11.3 Å². The van der Waals surface area contributed by atoms with Crippen LogP contribution in [0.1, 0.15) is 26.5 Å². The lowest BCUT2D eigenvalue weighted by Gasteiger charge is -2.28. The average molecular weight is 286 g/mol. The second-order valence-corrected chi connectivity index (χ2v) is 5.85. The first-order chi connectivity index (χ1) is 8.70. The molecule has 0 aromatic carbocycles. The fourth-order valence-corrected chi connectivity index (χ4v) is 1.96. The van der Waals surface area contributed by atoms with E-state index >= 15 is 0 Å². The molecule has 1 N–H and O–H groups in total. The molecule has 0 aliphatic heterocycles. The first-order valence-corrected chi connectivity index (χ1v) is 6.70. The molecule has 6 nitrogen and oxygen atoms in total. The van der Waals surface area contributed by atoms with E-state index < -0.39 is 23.7 Å². The zero-order valence-electron chi connectivity index (χ0n) is 11.4. The highest BCUT2D eigenvalue weighted by molar-refractivity contribution is 7.07. The summed E-state index contributed by atoms with van der Waals surface area (Å²) in [6, 6.07) is -0.989. The topological polar surface area (TPSA) is 79.7 Å². The van der Waals surface area contributed by atoms with Gasteiger partial charge in [0.15, 0.2) is 0 Å². The molecule has 0 unspecified atom stereocenters. The van der Waals surface area contributed by atoms with Crippen molar-refractivity contribution in [2.45, 2.75) is 38.8 Å². The molecule has 0 saturated heterocycles. The molecule has 0 spiro atoms. The third-order valence-electron chi connectivity index (χ3n) is 2.32. The largest absolute Gasteiger partial charge is 0.480 e. The van der Waals surface area contributed by atoms with E-state index in [0.717, 1.165) is 4.90 Å². The minimum atomic E-state index is -1.08. The number of likely N-dealkylation sites (N-methyl/N-ethyl adjacent to an activating group) is 1. The number of thiazole rings is 1. The van der Waals surface area contributed by atoms with Crippen molar-refractivity contribution < 1.29 is 19.4 Å². The quantitative estimate of drug-likeness (QED) is 0.915. The van der Waals surface area contributed by atoms with Crippen molar-refractivity contribution in [3.63, 3.8) is 0 Å². The molecule has 0 bridgehead atoms.